The smallest absolute Gasteiger partial charge is 0.311 e. The van der Waals surface area contributed by atoms with Crippen LogP contribution in [0.4, 0.5) is 0 Å². The summed E-state index contributed by atoms with van der Waals surface area (Å²) in [6.45, 7) is 0. The fourth-order valence-electron chi connectivity index (χ4n) is 3.69. The van der Waals surface area contributed by atoms with E-state index in [9.17, 15) is 4.79 Å². The van der Waals surface area contributed by atoms with Gasteiger partial charge in [0.15, 0.2) is 0 Å². The fourth-order valence-corrected chi connectivity index (χ4v) is 3.69. The van der Waals surface area contributed by atoms with E-state index in [1.807, 2.05) is 0 Å². The quantitative estimate of drug-likeness (QED) is 0.518. The number of carbonyl (C=O) groups excluding carboxylic acids is 1. The summed E-state index contributed by atoms with van der Waals surface area (Å²) in [5, 5.41) is 0. The van der Waals surface area contributed by atoms with Crippen molar-refractivity contribution in [3.05, 3.63) is 11.6 Å². The van der Waals surface area contributed by atoms with Crippen LogP contribution in [-0.2, 0) is 14.3 Å². The first-order valence-corrected chi connectivity index (χ1v) is 6.74. The second-order valence-electron chi connectivity index (χ2n) is 5.40. The molecule has 94 valence electrons. The molecule has 0 spiro atoms. The first-order valence-electron chi connectivity index (χ1n) is 6.74. The van der Waals surface area contributed by atoms with Gasteiger partial charge < -0.3 is 9.47 Å². The van der Waals surface area contributed by atoms with Crippen LogP contribution in [-0.4, -0.2) is 25.3 Å². The summed E-state index contributed by atoms with van der Waals surface area (Å²) in [4.78, 5) is 11.8. The number of hydrogen-bond acceptors (Lipinski definition) is 3. The molecule has 1 aliphatic heterocycles. The lowest BCUT2D eigenvalue weighted by Crippen LogP contribution is -2.32. The molecule has 2 fully saturated rings. The van der Waals surface area contributed by atoms with Crippen molar-refractivity contribution in [3.8, 4) is 0 Å². The highest BCUT2D eigenvalue weighted by Gasteiger charge is 2.47. The highest BCUT2D eigenvalue weighted by atomic mass is 16.5. The van der Waals surface area contributed by atoms with Crippen LogP contribution in [0, 0.1) is 11.8 Å². The van der Waals surface area contributed by atoms with Crippen LogP contribution in [0.5, 0.6) is 0 Å². The highest BCUT2D eigenvalue weighted by Crippen LogP contribution is 2.46. The number of ether oxygens (including phenoxy) is 2. The number of esters is 1. The van der Waals surface area contributed by atoms with Crippen molar-refractivity contribution in [1.29, 1.82) is 0 Å². The summed E-state index contributed by atoms with van der Waals surface area (Å²) in [6.07, 6.45) is 9.54. The molecule has 17 heavy (non-hydrogen) atoms. The standard InChI is InChI=1S/C14H20O3/c1-16-14(15)11-7-4-6-10-9-5-2-3-8-12(9)17-13(10)11/h6,9,11-13H,2-5,7-8H2,1H3. The number of hydrogen-bond donors (Lipinski definition) is 0. The average molecular weight is 236 g/mol. The van der Waals surface area contributed by atoms with E-state index in [2.05, 4.69) is 6.08 Å². The third kappa shape index (κ3) is 1.81. The van der Waals surface area contributed by atoms with E-state index in [1.165, 1.54) is 31.9 Å². The lowest BCUT2D eigenvalue weighted by molar-refractivity contribution is -0.150. The van der Waals surface area contributed by atoms with E-state index < -0.39 is 0 Å². The number of rotatable bonds is 1. The molecular weight excluding hydrogens is 216 g/mol. The monoisotopic (exact) mass is 236 g/mol. The Morgan fingerprint density at radius 3 is 3.00 bits per heavy atom. The Morgan fingerprint density at radius 2 is 2.18 bits per heavy atom. The highest BCUT2D eigenvalue weighted by molar-refractivity contribution is 5.74. The molecular formula is C14H20O3. The molecule has 3 aliphatic rings. The van der Waals surface area contributed by atoms with Gasteiger partial charge in [-0.15, -0.1) is 0 Å². The van der Waals surface area contributed by atoms with Gasteiger partial charge in [-0.25, -0.2) is 0 Å². The van der Waals surface area contributed by atoms with Gasteiger partial charge in [-0.1, -0.05) is 18.9 Å². The van der Waals surface area contributed by atoms with E-state index in [1.54, 1.807) is 0 Å². The number of allylic oxidation sites excluding steroid dienone is 1. The van der Waals surface area contributed by atoms with E-state index >= 15 is 0 Å². The van der Waals surface area contributed by atoms with Gasteiger partial charge >= 0.3 is 5.97 Å². The molecule has 1 saturated carbocycles. The minimum Gasteiger partial charge on any atom is -0.469 e. The molecule has 3 heteroatoms. The number of carbonyl (C=O) groups is 1. The van der Waals surface area contributed by atoms with Gasteiger partial charge in [0.1, 0.15) is 0 Å². The Labute approximate surface area is 102 Å². The van der Waals surface area contributed by atoms with Gasteiger partial charge in [0, 0.05) is 5.92 Å². The minimum absolute atomic E-state index is 0.0179. The van der Waals surface area contributed by atoms with Gasteiger partial charge in [0.25, 0.3) is 0 Å². The zero-order valence-corrected chi connectivity index (χ0v) is 10.4. The van der Waals surface area contributed by atoms with E-state index in [-0.39, 0.29) is 18.0 Å². The molecule has 4 unspecified atom stereocenters. The molecule has 0 bridgehead atoms. The van der Waals surface area contributed by atoms with Crippen LogP contribution in [0.25, 0.3) is 0 Å². The number of fused-ring (bicyclic) bond motifs is 3. The second-order valence-corrected chi connectivity index (χ2v) is 5.40. The van der Waals surface area contributed by atoms with Crippen LogP contribution < -0.4 is 0 Å². The average Bonchev–Trinajstić information content (AvgIpc) is 2.76. The Morgan fingerprint density at radius 1 is 1.35 bits per heavy atom. The first kappa shape index (κ1) is 11.3. The van der Waals surface area contributed by atoms with Crippen LogP contribution in [0.3, 0.4) is 0 Å². The van der Waals surface area contributed by atoms with Crippen molar-refractivity contribution < 1.29 is 14.3 Å². The lowest BCUT2D eigenvalue weighted by atomic mass is 9.76. The van der Waals surface area contributed by atoms with Crippen molar-refractivity contribution in [2.24, 2.45) is 11.8 Å². The summed E-state index contributed by atoms with van der Waals surface area (Å²) in [6, 6.07) is 0. The maximum absolute atomic E-state index is 11.8. The van der Waals surface area contributed by atoms with Gasteiger partial charge in [-0.05, 0) is 31.3 Å². The maximum atomic E-state index is 11.8. The molecule has 3 nitrogen and oxygen atoms in total. The van der Waals surface area contributed by atoms with E-state index in [4.69, 9.17) is 9.47 Å². The predicted octanol–water partition coefficient (Wildman–Crippen LogP) is 2.45. The van der Waals surface area contributed by atoms with Crippen molar-refractivity contribution >= 4 is 5.97 Å². The molecule has 2 aliphatic carbocycles. The topological polar surface area (TPSA) is 35.5 Å². The van der Waals surface area contributed by atoms with Gasteiger partial charge in [0.2, 0.25) is 0 Å². The van der Waals surface area contributed by atoms with Crippen molar-refractivity contribution in [2.75, 3.05) is 7.11 Å². The fraction of sp³-hybridized carbons (Fsp3) is 0.786. The van der Waals surface area contributed by atoms with Gasteiger partial charge in [-0.3, -0.25) is 4.79 Å². The largest absolute Gasteiger partial charge is 0.469 e. The van der Waals surface area contributed by atoms with Gasteiger partial charge in [-0.2, -0.15) is 0 Å². The van der Waals surface area contributed by atoms with Crippen LogP contribution in [0.1, 0.15) is 38.5 Å². The summed E-state index contributed by atoms with van der Waals surface area (Å²) in [7, 11) is 1.47. The van der Waals surface area contributed by atoms with Crippen LogP contribution in [0.2, 0.25) is 0 Å². The molecule has 0 radical (unpaired) electrons. The third-order valence-electron chi connectivity index (χ3n) is 4.51. The summed E-state index contributed by atoms with van der Waals surface area (Å²) < 4.78 is 11.0. The van der Waals surface area contributed by atoms with Gasteiger partial charge in [0.05, 0.1) is 25.2 Å². The predicted molar refractivity (Wildman–Crippen MR) is 63.4 cm³/mol. The van der Waals surface area contributed by atoms with Crippen molar-refractivity contribution in [3.63, 3.8) is 0 Å². The zero-order valence-electron chi connectivity index (χ0n) is 10.4. The Bertz CT molecular complexity index is 347. The summed E-state index contributed by atoms with van der Waals surface area (Å²) in [5.74, 6) is 0.422. The van der Waals surface area contributed by atoms with E-state index in [0.29, 0.717) is 12.0 Å². The molecule has 1 heterocycles. The first-order chi connectivity index (χ1) is 8.31. The Hall–Kier alpha value is -0.830. The molecule has 3 rings (SSSR count). The maximum Gasteiger partial charge on any atom is 0.311 e. The molecule has 0 amide bonds. The molecule has 0 N–H and O–H groups in total. The Kier molecular flexibility index (Phi) is 2.95. The molecule has 4 atom stereocenters. The molecule has 0 aromatic rings. The Balaban J connectivity index is 1.83. The normalized spacial score (nSPS) is 40.2. The zero-order chi connectivity index (χ0) is 11.8. The molecule has 1 saturated heterocycles. The van der Waals surface area contributed by atoms with Crippen LogP contribution >= 0.6 is 0 Å². The molecule has 0 aromatic heterocycles. The van der Waals surface area contributed by atoms with Crippen LogP contribution in [0.15, 0.2) is 11.6 Å². The van der Waals surface area contributed by atoms with Crippen molar-refractivity contribution in [2.45, 2.75) is 50.7 Å². The second kappa shape index (κ2) is 4.45. The third-order valence-corrected chi connectivity index (χ3v) is 4.51. The summed E-state index contributed by atoms with van der Waals surface area (Å²) in [5.41, 5.74) is 1.40. The van der Waals surface area contributed by atoms with Crippen molar-refractivity contribution in [1.82, 2.24) is 0 Å². The minimum atomic E-state index is -0.0979. The van der Waals surface area contributed by atoms with E-state index in [0.717, 1.165) is 19.3 Å². The number of methoxy groups -OCH3 is 1. The lowest BCUT2D eigenvalue weighted by Gasteiger charge is -2.26. The molecule has 0 aromatic carbocycles. The summed E-state index contributed by atoms with van der Waals surface area (Å²) >= 11 is 0. The SMILES string of the molecule is COC(=O)C1CCC=C2C3CCCCC3OC21.